The fraction of sp³-hybridized carbons (Fsp3) is 0.150. The van der Waals surface area contributed by atoms with Gasteiger partial charge in [-0.3, -0.25) is 4.79 Å². The fourth-order valence-electron chi connectivity index (χ4n) is 2.45. The highest BCUT2D eigenvalue weighted by atomic mass is 16.5. The number of methoxy groups -OCH3 is 1. The molecule has 1 aromatic heterocycles. The number of nitrogens with one attached hydrogen (secondary N) is 1. The van der Waals surface area contributed by atoms with Crippen molar-refractivity contribution in [2.75, 3.05) is 12.4 Å². The lowest BCUT2D eigenvalue weighted by Gasteiger charge is -2.09. The van der Waals surface area contributed by atoms with E-state index in [0.717, 1.165) is 22.6 Å². The first-order chi connectivity index (χ1) is 11.7. The molecule has 0 bridgehead atoms. The third-order valence-electron chi connectivity index (χ3n) is 3.98. The summed E-state index contributed by atoms with van der Waals surface area (Å²) in [6.07, 6.45) is 1.43. The van der Waals surface area contributed by atoms with Gasteiger partial charge in [0.25, 0.3) is 0 Å². The van der Waals surface area contributed by atoms with Crippen LogP contribution in [0.25, 0.3) is 11.1 Å². The zero-order chi connectivity index (χ0) is 16.9. The van der Waals surface area contributed by atoms with Gasteiger partial charge < -0.3 is 14.5 Å². The zero-order valence-corrected chi connectivity index (χ0v) is 13.7. The third-order valence-corrected chi connectivity index (χ3v) is 3.98. The molecule has 0 saturated carbocycles. The Hall–Kier alpha value is -3.01. The van der Waals surface area contributed by atoms with Gasteiger partial charge in [0, 0.05) is 17.3 Å². The molecule has 24 heavy (non-hydrogen) atoms. The number of benzene rings is 2. The van der Waals surface area contributed by atoms with Gasteiger partial charge in [-0.1, -0.05) is 24.3 Å². The maximum absolute atomic E-state index is 11.6. The van der Waals surface area contributed by atoms with E-state index < -0.39 is 0 Å². The van der Waals surface area contributed by atoms with Gasteiger partial charge in [0.2, 0.25) is 0 Å². The molecule has 4 heteroatoms. The van der Waals surface area contributed by atoms with E-state index in [2.05, 4.69) is 17.4 Å². The van der Waals surface area contributed by atoms with Crippen molar-refractivity contribution in [3.8, 4) is 16.9 Å². The van der Waals surface area contributed by atoms with Crippen molar-refractivity contribution >= 4 is 5.69 Å². The predicted molar refractivity (Wildman–Crippen MR) is 95.5 cm³/mol. The van der Waals surface area contributed by atoms with Crippen molar-refractivity contribution in [2.24, 2.45) is 0 Å². The van der Waals surface area contributed by atoms with Crippen molar-refractivity contribution in [3.63, 3.8) is 0 Å². The van der Waals surface area contributed by atoms with Crippen LogP contribution < -0.4 is 15.5 Å². The molecule has 3 rings (SSSR count). The van der Waals surface area contributed by atoms with Crippen LogP contribution in [0.15, 0.2) is 70.1 Å². The van der Waals surface area contributed by atoms with E-state index in [0.29, 0.717) is 17.9 Å². The van der Waals surface area contributed by atoms with Crippen LogP contribution in [0.1, 0.15) is 11.3 Å². The van der Waals surface area contributed by atoms with Crippen molar-refractivity contribution in [1.82, 2.24) is 0 Å². The molecule has 4 nitrogen and oxygen atoms in total. The van der Waals surface area contributed by atoms with Crippen LogP contribution in [0.2, 0.25) is 0 Å². The zero-order valence-electron chi connectivity index (χ0n) is 13.7. The summed E-state index contributed by atoms with van der Waals surface area (Å²) in [4.78, 5) is 11.6. The van der Waals surface area contributed by atoms with Gasteiger partial charge in [-0.05, 0) is 42.3 Å². The van der Waals surface area contributed by atoms with Crippen molar-refractivity contribution in [1.29, 1.82) is 0 Å². The minimum Gasteiger partial charge on any atom is -0.497 e. The summed E-state index contributed by atoms with van der Waals surface area (Å²) in [6.45, 7) is 2.25. The van der Waals surface area contributed by atoms with Gasteiger partial charge >= 0.3 is 0 Å². The minimum atomic E-state index is -0.00657. The van der Waals surface area contributed by atoms with Gasteiger partial charge in [-0.2, -0.15) is 0 Å². The van der Waals surface area contributed by atoms with Gasteiger partial charge in [0.15, 0.2) is 5.43 Å². The van der Waals surface area contributed by atoms with Crippen LogP contribution in [0.5, 0.6) is 5.75 Å². The van der Waals surface area contributed by atoms with Crippen molar-refractivity contribution < 1.29 is 9.15 Å². The summed E-state index contributed by atoms with van der Waals surface area (Å²) >= 11 is 0. The molecule has 0 aliphatic rings. The second kappa shape index (κ2) is 7.04. The maximum atomic E-state index is 11.6. The molecule has 0 unspecified atom stereocenters. The molecule has 122 valence electrons. The van der Waals surface area contributed by atoms with Gasteiger partial charge in [0.05, 0.1) is 19.9 Å². The van der Waals surface area contributed by atoms with Crippen LogP contribution in [-0.2, 0) is 6.54 Å². The van der Waals surface area contributed by atoms with Gasteiger partial charge in [-0.25, -0.2) is 0 Å². The smallest absolute Gasteiger partial charge is 0.188 e. The molecule has 0 fully saturated rings. The molecule has 0 aliphatic carbocycles. The molecule has 0 spiro atoms. The minimum absolute atomic E-state index is 0.00657. The second-order valence-electron chi connectivity index (χ2n) is 5.49. The number of hydrogen-bond acceptors (Lipinski definition) is 4. The van der Waals surface area contributed by atoms with Crippen LogP contribution in [-0.4, -0.2) is 7.11 Å². The Bertz CT molecular complexity index is 865. The molecular formula is C20H19NO3. The molecule has 0 saturated heterocycles. The van der Waals surface area contributed by atoms with E-state index in [1.54, 1.807) is 14.0 Å². The first-order valence-electron chi connectivity index (χ1n) is 7.73. The van der Waals surface area contributed by atoms with Gasteiger partial charge in [0.1, 0.15) is 11.5 Å². The highest BCUT2D eigenvalue weighted by Gasteiger charge is 2.04. The molecule has 0 atom stereocenters. The first-order valence-corrected chi connectivity index (χ1v) is 7.73. The lowest BCUT2D eigenvalue weighted by atomic mass is 10.1. The number of hydrogen-bond donors (Lipinski definition) is 1. The number of ether oxygens (including phenoxy) is 1. The second-order valence-corrected chi connectivity index (χ2v) is 5.49. The predicted octanol–water partition coefficient (Wildman–Crippen LogP) is 4.24. The highest BCUT2D eigenvalue weighted by molar-refractivity contribution is 5.66. The topological polar surface area (TPSA) is 51.5 Å². The van der Waals surface area contributed by atoms with E-state index >= 15 is 0 Å². The maximum Gasteiger partial charge on any atom is 0.188 e. The summed E-state index contributed by atoms with van der Waals surface area (Å²) in [7, 11) is 1.66. The molecule has 1 heterocycles. The standard InChI is InChI=1S/C20H19NO3/c1-14-19(22)11-12-24-20(14)13-21-17-7-3-15(4-8-17)16-5-9-18(23-2)10-6-16/h3-12,21H,13H2,1-2H3. The summed E-state index contributed by atoms with van der Waals surface area (Å²) in [6, 6.07) is 17.5. The summed E-state index contributed by atoms with van der Waals surface area (Å²) in [5.41, 5.74) is 3.86. The van der Waals surface area contributed by atoms with E-state index in [9.17, 15) is 4.79 Å². The summed E-state index contributed by atoms with van der Waals surface area (Å²) < 4.78 is 10.6. The van der Waals surface area contributed by atoms with Crippen LogP contribution in [0.3, 0.4) is 0 Å². The Labute approximate surface area is 140 Å². The van der Waals surface area contributed by atoms with Crippen LogP contribution in [0, 0.1) is 6.92 Å². The number of rotatable bonds is 5. The lowest BCUT2D eigenvalue weighted by molar-refractivity contribution is 0.415. The van der Waals surface area contributed by atoms with Gasteiger partial charge in [-0.15, -0.1) is 0 Å². The Balaban J connectivity index is 1.70. The molecule has 0 amide bonds. The summed E-state index contributed by atoms with van der Waals surface area (Å²) in [5.74, 6) is 1.50. The third kappa shape index (κ3) is 3.49. The SMILES string of the molecule is COc1ccc(-c2ccc(NCc3occc(=O)c3C)cc2)cc1. The van der Waals surface area contributed by atoms with E-state index in [1.165, 1.54) is 12.3 Å². The van der Waals surface area contributed by atoms with Crippen LogP contribution in [0.4, 0.5) is 5.69 Å². The highest BCUT2D eigenvalue weighted by Crippen LogP contribution is 2.24. The van der Waals surface area contributed by atoms with E-state index in [1.807, 2.05) is 36.4 Å². The first kappa shape index (κ1) is 15.9. The van der Waals surface area contributed by atoms with E-state index in [-0.39, 0.29) is 5.43 Å². The molecular weight excluding hydrogens is 302 g/mol. The average Bonchev–Trinajstić information content (AvgIpc) is 2.63. The Morgan fingerprint density at radius 1 is 0.958 bits per heavy atom. The number of anilines is 1. The van der Waals surface area contributed by atoms with Crippen molar-refractivity contribution in [2.45, 2.75) is 13.5 Å². The molecule has 1 N–H and O–H groups in total. The monoisotopic (exact) mass is 321 g/mol. The average molecular weight is 321 g/mol. The molecule has 3 aromatic rings. The normalized spacial score (nSPS) is 10.4. The Kier molecular flexibility index (Phi) is 4.66. The molecule has 2 aromatic carbocycles. The Morgan fingerprint density at radius 3 is 2.21 bits per heavy atom. The van der Waals surface area contributed by atoms with E-state index in [4.69, 9.17) is 9.15 Å². The molecule has 0 radical (unpaired) electrons. The summed E-state index contributed by atoms with van der Waals surface area (Å²) in [5, 5.41) is 3.27. The Morgan fingerprint density at radius 2 is 1.58 bits per heavy atom. The van der Waals surface area contributed by atoms with Crippen LogP contribution >= 0.6 is 0 Å². The molecule has 0 aliphatic heterocycles. The lowest BCUT2D eigenvalue weighted by Crippen LogP contribution is -2.09. The van der Waals surface area contributed by atoms with Crippen molar-refractivity contribution in [3.05, 3.63) is 82.4 Å². The quantitative estimate of drug-likeness (QED) is 0.764. The largest absolute Gasteiger partial charge is 0.497 e. The fourth-order valence-corrected chi connectivity index (χ4v) is 2.45.